The van der Waals surface area contributed by atoms with Gasteiger partial charge in [0.2, 0.25) is 0 Å². The molecule has 3 atom stereocenters. The van der Waals surface area contributed by atoms with E-state index < -0.39 is 17.7 Å². The maximum absolute atomic E-state index is 12.8. The van der Waals surface area contributed by atoms with Gasteiger partial charge in [-0.05, 0) is 51.5 Å². The van der Waals surface area contributed by atoms with E-state index in [1.807, 2.05) is 32.0 Å². The van der Waals surface area contributed by atoms with Crippen LogP contribution in [0.4, 0.5) is 4.79 Å². The molecule has 0 saturated heterocycles. The molecule has 0 radical (unpaired) electrons. The molecule has 150 valence electrons. The van der Waals surface area contributed by atoms with Crippen molar-refractivity contribution in [1.29, 1.82) is 0 Å². The molecule has 2 rings (SSSR count). The van der Waals surface area contributed by atoms with Crippen LogP contribution in [0.3, 0.4) is 0 Å². The molecule has 5 nitrogen and oxygen atoms in total. The molecule has 1 aliphatic carbocycles. The third kappa shape index (κ3) is 6.56. The fraction of sp³-hybridized carbons (Fsp3) is 0.636. The first-order valence-electron chi connectivity index (χ1n) is 9.92. The van der Waals surface area contributed by atoms with Crippen LogP contribution in [0.15, 0.2) is 30.3 Å². The number of ether oxygens (including phenoxy) is 2. The normalized spacial score (nSPS) is 21.4. The summed E-state index contributed by atoms with van der Waals surface area (Å²) < 4.78 is 11.2. The largest absolute Gasteiger partial charge is 0.460 e. The third-order valence-corrected chi connectivity index (χ3v) is 4.79. The van der Waals surface area contributed by atoms with Gasteiger partial charge in [0, 0.05) is 5.92 Å². The molecule has 0 bridgehead atoms. The second-order valence-corrected chi connectivity index (χ2v) is 8.64. The summed E-state index contributed by atoms with van der Waals surface area (Å²) in [4.78, 5) is 25.0. The maximum atomic E-state index is 12.8. The first kappa shape index (κ1) is 21.3. The summed E-state index contributed by atoms with van der Waals surface area (Å²) in [6.07, 6.45) is 3.29. The van der Waals surface area contributed by atoms with Crippen LogP contribution >= 0.6 is 0 Å². The molecular formula is C22H33NO4. The smallest absolute Gasteiger partial charge is 0.408 e. The molecule has 0 aromatic heterocycles. The van der Waals surface area contributed by atoms with E-state index in [9.17, 15) is 9.59 Å². The van der Waals surface area contributed by atoms with Crippen LogP contribution in [-0.2, 0) is 14.3 Å². The summed E-state index contributed by atoms with van der Waals surface area (Å²) in [6.45, 7) is 9.16. The summed E-state index contributed by atoms with van der Waals surface area (Å²) in [5.74, 6) is -0.272. The molecular weight excluding hydrogens is 342 g/mol. The van der Waals surface area contributed by atoms with Crippen molar-refractivity contribution in [3.05, 3.63) is 35.9 Å². The summed E-state index contributed by atoms with van der Waals surface area (Å²) >= 11 is 0. The highest BCUT2D eigenvalue weighted by molar-refractivity contribution is 5.81. The Bertz CT molecular complexity index is 621. The van der Waals surface area contributed by atoms with Crippen molar-refractivity contribution >= 4 is 12.1 Å². The minimum atomic E-state index is -0.724. The number of carbonyl (C=O) groups excluding carboxylic acids is 2. The predicted molar refractivity (Wildman–Crippen MR) is 106 cm³/mol. The van der Waals surface area contributed by atoms with E-state index in [0.29, 0.717) is 0 Å². The second kappa shape index (κ2) is 9.25. The van der Waals surface area contributed by atoms with Crippen molar-refractivity contribution in [2.75, 3.05) is 0 Å². The van der Waals surface area contributed by atoms with Crippen molar-refractivity contribution in [1.82, 2.24) is 5.32 Å². The molecule has 0 unspecified atom stereocenters. The molecule has 1 amide bonds. The SMILES string of the molecule is CC(C)[C@H](NC(=O)OC(C)(C)C)C(=O)O[C@@H]1CCCC[C@H]1c1ccccc1. The highest BCUT2D eigenvalue weighted by Gasteiger charge is 2.34. The van der Waals surface area contributed by atoms with E-state index in [0.717, 1.165) is 25.7 Å². The van der Waals surface area contributed by atoms with Gasteiger partial charge in [0.1, 0.15) is 17.7 Å². The van der Waals surface area contributed by atoms with Crippen LogP contribution in [-0.4, -0.2) is 29.8 Å². The standard InChI is InChI=1S/C22H33NO4/c1-15(2)19(23-21(25)27-22(3,4)5)20(24)26-18-14-10-9-13-17(18)16-11-7-6-8-12-16/h6-8,11-12,15,17-19H,9-10,13-14H2,1-5H3,(H,23,25)/t17-,18+,19-/m0/s1. The van der Waals surface area contributed by atoms with E-state index in [-0.39, 0.29) is 23.9 Å². The number of hydrogen-bond acceptors (Lipinski definition) is 4. The van der Waals surface area contributed by atoms with Crippen LogP contribution in [0.5, 0.6) is 0 Å². The van der Waals surface area contributed by atoms with Crippen LogP contribution in [0.25, 0.3) is 0 Å². The molecule has 1 aromatic rings. The van der Waals surface area contributed by atoms with Crippen LogP contribution in [0.2, 0.25) is 0 Å². The van der Waals surface area contributed by atoms with Crippen molar-refractivity contribution in [3.63, 3.8) is 0 Å². The number of amides is 1. The van der Waals surface area contributed by atoms with Crippen LogP contribution in [0, 0.1) is 5.92 Å². The van der Waals surface area contributed by atoms with Crippen molar-refractivity contribution in [2.24, 2.45) is 5.92 Å². The molecule has 0 spiro atoms. The van der Waals surface area contributed by atoms with Gasteiger partial charge in [-0.1, -0.05) is 50.6 Å². The van der Waals surface area contributed by atoms with Gasteiger partial charge in [0.05, 0.1) is 0 Å². The van der Waals surface area contributed by atoms with Gasteiger partial charge in [-0.25, -0.2) is 9.59 Å². The van der Waals surface area contributed by atoms with Crippen molar-refractivity contribution < 1.29 is 19.1 Å². The lowest BCUT2D eigenvalue weighted by Gasteiger charge is -2.33. The maximum Gasteiger partial charge on any atom is 0.408 e. The molecule has 0 heterocycles. The third-order valence-electron chi connectivity index (χ3n) is 4.79. The van der Waals surface area contributed by atoms with Gasteiger partial charge >= 0.3 is 12.1 Å². The van der Waals surface area contributed by atoms with E-state index in [4.69, 9.17) is 9.47 Å². The van der Waals surface area contributed by atoms with Crippen LogP contribution < -0.4 is 5.32 Å². The highest BCUT2D eigenvalue weighted by Crippen LogP contribution is 2.35. The monoisotopic (exact) mass is 375 g/mol. The second-order valence-electron chi connectivity index (χ2n) is 8.64. The summed E-state index contributed by atoms with van der Waals surface area (Å²) in [7, 11) is 0. The molecule has 1 aliphatic rings. The van der Waals surface area contributed by atoms with Gasteiger partial charge in [-0.3, -0.25) is 0 Å². The Hall–Kier alpha value is -2.04. The predicted octanol–water partition coefficient (Wildman–Crippen LogP) is 4.81. The zero-order valence-corrected chi connectivity index (χ0v) is 17.2. The molecule has 1 N–H and O–H groups in total. The Labute approximate surface area is 162 Å². The van der Waals surface area contributed by atoms with E-state index in [1.165, 1.54) is 5.56 Å². The quantitative estimate of drug-likeness (QED) is 0.751. The number of benzene rings is 1. The molecule has 5 heteroatoms. The average molecular weight is 376 g/mol. The van der Waals surface area contributed by atoms with E-state index >= 15 is 0 Å². The number of nitrogens with one attached hydrogen (secondary N) is 1. The summed E-state index contributed by atoms with van der Waals surface area (Å²) in [6, 6.07) is 9.49. The molecule has 1 saturated carbocycles. The fourth-order valence-electron chi connectivity index (χ4n) is 3.47. The Balaban J connectivity index is 2.05. The lowest BCUT2D eigenvalue weighted by atomic mass is 9.81. The summed E-state index contributed by atoms with van der Waals surface area (Å²) in [5.41, 5.74) is 0.591. The lowest BCUT2D eigenvalue weighted by Crippen LogP contribution is -2.48. The Morgan fingerprint density at radius 1 is 1.07 bits per heavy atom. The van der Waals surface area contributed by atoms with Gasteiger partial charge in [-0.15, -0.1) is 0 Å². The Morgan fingerprint density at radius 2 is 1.70 bits per heavy atom. The Kier molecular flexibility index (Phi) is 7.28. The van der Waals surface area contributed by atoms with Crippen molar-refractivity contribution in [2.45, 2.75) is 84.0 Å². The molecule has 27 heavy (non-hydrogen) atoms. The minimum Gasteiger partial charge on any atom is -0.460 e. The molecule has 1 aromatic carbocycles. The first-order valence-corrected chi connectivity index (χ1v) is 9.92. The zero-order chi connectivity index (χ0) is 20.0. The van der Waals surface area contributed by atoms with E-state index in [2.05, 4.69) is 17.4 Å². The lowest BCUT2D eigenvalue weighted by molar-refractivity contribution is -0.155. The van der Waals surface area contributed by atoms with Crippen molar-refractivity contribution in [3.8, 4) is 0 Å². The fourth-order valence-corrected chi connectivity index (χ4v) is 3.47. The number of esters is 1. The first-order chi connectivity index (χ1) is 12.7. The molecule has 1 fully saturated rings. The number of alkyl carbamates (subject to hydrolysis) is 1. The summed E-state index contributed by atoms with van der Waals surface area (Å²) in [5, 5.41) is 2.68. The highest BCUT2D eigenvalue weighted by atomic mass is 16.6. The minimum absolute atomic E-state index is 0.0937. The number of hydrogen-bond donors (Lipinski definition) is 1. The Morgan fingerprint density at radius 3 is 2.30 bits per heavy atom. The van der Waals surface area contributed by atoms with Gasteiger partial charge in [0.25, 0.3) is 0 Å². The van der Waals surface area contributed by atoms with Crippen LogP contribution in [0.1, 0.15) is 71.8 Å². The van der Waals surface area contributed by atoms with Gasteiger partial charge in [-0.2, -0.15) is 0 Å². The number of carbonyl (C=O) groups is 2. The number of rotatable bonds is 5. The topological polar surface area (TPSA) is 64.6 Å². The molecule has 0 aliphatic heterocycles. The van der Waals surface area contributed by atoms with E-state index in [1.54, 1.807) is 20.8 Å². The average Bonchev–Trinajstić information content (AvgIpc) is 2.59. The van der Waals surface area contributed by atoms with Gasteiger partial charge in [0.15, 0.2) is 0 Å². The zero-order valence-electron chi connectivity index (χ0n) is 17.2. The van der Waals surface area contributed by atoms with Gasteiger partial charge < -0.3 is 14.8 Å².